The third kappa shape index (κ3) is 4.51. The minimum atomic E-state index is 0.387. The van der Waals surface area contributed by atoms with Gasteiger partial charge >= 0.3 is 0 Å². The van der Waals surface area contributed by atoms with Crippen molar-refractivity contribution >= 4 is 0 Å². The summed E-state index contributed by atoms with van der Waals surface area (Å²) >= 11 is 0. The van der Waals surface area contributed by atoms with Crippen LogP contribution in [0.1, 0.15) is 58.8 Å². The second-order valence-electron chi connectivity index (χ2n) is 6.57. The molecule has 1 aliphatic rings. The molecule has 0 saturated carbocycles. The average Bonchev–Trinajstić information content (AvgIpc) is 2.94. The average molecular weight is 293 g/mol. The zero-order valence-electron chi connectivity index (χ0n) is 14.0. The molecular weight excluding hydrogens is 262 g/mol. The van der Waals surface area contributed by atoms with Crippen molar-refractivity contribution in [1.82, 2.24) is 25.0 Å². The van der Waals surface area contributed by atoms with Gasteiger partial charge in [-0.2, -0.15) is 5.10 Å². The van der Waals surface area contributed by atoms with Gasteiger partial charge in [0, 0.05) is 12.1 Å². The first-order valence-corrected chi connectivity index (χ1v) is 8.46. The van der Waals surface area contributed by atoms with Crippen LogP contribution in [0.25, 0.3) is 0 Å². The molecular formula is C16H31N5. The minimum absolute atomic E-state index is 0.387. The zero-order chi connectivity index (χ0) is 15.2. The fourth-order valence-corrected chi connectivity index (χ4v) is 3.17. The summed E-state index contributed by atoms with van der Waals surface area (Å²) < 4.78 is 2.04. The van der Waals surface area contributed by atoms with Crippen LogP contribution in [0.4, 0.5) is 0 Å². The molecule has 1 aromatic rings. The maximum Gasteiger partial charge on any atom is 0.141 e. The molecule has 5 heteroatoms. The first kappa shape index (κ1) is 16.4. The van der Waals surface area contributed by atoms with E-state index in [9.17, 15) is 0 Å². The molecule has 5 nitrogen and oxygen atoms in total. The van der Waals surface area contributed by atoms with Gasteiger partial charge in [0.25, 0.3) is 0 Å². The quantitative estimate of drug-likeness (QED) is 0.839. The number of nitrogens with one attached hydrogen (secondary N) is 1. The molecule has 2 heterocycles. The molecule has 1 saturated heterocycles. The predicted molar refractivity (Wildman–Crippen MR) is 86.2 cm³/mol. The molecule has 1 fully saturated rings. The third-order valence-electron chi connectivity index (χ3n) is 4.56. The summed E-state index contributed by atoms with van der Waals surface area (Å²) in [5.74, 6) is 1.91. The molecule has 0 bridgehead atoms. The second-order valence-corrected chi connectivity index (χ2v) is 6.57. The number of piperidine rings is 1. The van der Waals surface area contributed by atoms with E-state index in [0.717, 1.165) is 24.8 Å². The molecule has 1 N–H and O–H groups in total. The highest BCUT2D eigenvalue weighted by molar-refractivity contribution is 4.88. The number of rotatable bonds is 7. The Bertz CT molecular complexity index is 407. The smallest absolute Gasteiger partial charge is 0.141 e. The van der Waals surface area contributed by atoms with E-state index in [1.165, 1.54) is 32.4 Å². The Balaban J connectivity index is 1.80. The Morgan fingerprint density at radius 2 is 2.00 bits per heavy atom. The Labute approximate surface area is 129 Å². The predicted octanol–water partition coefficient (Wildman–Crippen LogP) is 2.46. The standard InChI is InChI=1S/C16H31N5/c1-5-8-17-14(4)15-6-9-20(10-7-15)11-16-18-12-19-21(16)13(2)3/h12-15,17H,5-11H2,1-4H3. The molecule has 2 rings (SSSR count). The molecule has 0 amide bonds. The van der Waals surface area contributed by atoms with Crippen molar-refractivity contribution < 1.29 is 0 Å². The van der Waals surface area contributed by atoms with E-state index in [2.05, 4.69) is 48.0 Å². The summed E-state index contributed by atoms with van der Waals surface area (Å²) in [6.45, 7) is 13.3. The van der Waals surface area contributed by atoms with Crippen LogP contribution in [0.2, 0.25) is 0 Å². The van der Waals surface area contributed by atoms with E-state index >= 15 is 0 Å². The van der Waals surface area contributed by atoms with Crippen molar-refractivity contribution in [3.63, 3.8) is 0 Å². The summed E-state index contributed by atoms with van der Waals surface area (Å²) in [7, 11) is 0. The monoisotopic (exact) mass is 293 g/mol. The van der Waals surface area contributed by atoms with E-state index in [4.69, 9.17) is 0 Å². The Morgan fingerprint density at radius 1 is 1.29 bits per heavy atom. The summed E-state index contributed by atoms with van der Waals surface area (Å²) in [5, 5.41) is 7.97. The normalized spacial score (nSPS) is 19.3. The molecule has 0 radical (unpaired) electrons. The number of nitrogens with zero attached hydrogens (tertiary/aromatic N) is 4. The fraction of sp³-hybridized carbons (Fsp3) is 0.875. The van der Waals surface area contributed by atoms with Crippen molar-refractivity contribution in [2.75, 3.05) is 19.6 Å². The fourth-order valence-electron chi connectivity index (χ4n) is 3.17. The van der Waals surface area contributed by atoms with Crippen molar-refractivity contribution in [2.24, 2.45) is 5.92 Å². The SMILES string of the molecule is CCCNC(C)C1CCN(Cc2ncnn2C(C)C)CC1. The highest BCUT2D eigenvalue weighted by atomic mass is 15.4. The lowest BCUT2D eigenvalue weighted by Crippen LogP contribution is -2.42. The largest absolute Gasteiger partial charge is 0.314 e. The van der Waals surface area contributed by atoms with Gasteiger partial charge in [0.15, 0.2) is 0 Å². The van der Waals surface area contributed by atoms with Crippen molar-refractivity contribution in [1.29, 1.82) is 0 Å². The number of hydrogen-bond acceptors (Lipinski definition) is 4. The summed E-state index contributed by atoms with van der Waals surface area (Å²) in [4.78, 5) is 6.94. The molecule has 1 atom stereocenters. The lowest BCUT2D eigenvalue weighted by molar-refractivity contribution is 0.151. The van der Waals surface area contributed by atoms with Gasteiger partial charge in [0.2, 0.25) is 0 Å². The highest BCUT2D eigenvalue weighted by Gasteiger charge is 2.24. The minimum Gasteiger partial charge on any atom is -0.314 e. The summed E-state index contributed by atoms with van der Waals surface area (Å²) in [5.41, 5.74) is 0. The van der Waals surface area contributed by atoms with Gasteiger partial charge in [-0.3, -0.25) is 4.90 Å². The molecule has 21 heavy (non-hydrogen) atoms. The number of hydrogen-bond donors (Lipinski definition) is 1. The number of likely N-dealkylation sites (tertiary alicyclic amines) is 1. The first-order chi connectivity index (χ1) is 10.1. The summed E-state index contributed by atoms with van der Waals surface area (Å²) in [6, 6.07) is 1.03. The van der Waals surface area contributed by atoms with Crippen molar-refractivity contribution in [3.05, 3.63) is 12.2 Å². The zero-order valence-corrected chi connectivity index (χ0v) is 14.0. The van der Waals surface area contributed by atoms with Gasteiger partial charge in [-0.25, -0.2) is 9.67 Å². The van der Waals surface area contributed by atoms with Crippen LogP contribution in [-0.4, -0.2) is 45.3 Å². The van der Waals surface area contributed by atoms with E-state index in [1.807, 2.05) is 4.68 Å². The summed E-state index contributed by atoms with van der Waals surface area (Å²) in [6.07, 6.45) is 5.47. The lowest BCUT2D eigenvalue weighted by atomic mass is 9.90. The highest BCUT2D eigenvalue weighted by Crippen LogP contribution is 2.22. The first-order valence-electron chi connectivity index (χ1n) is 8.46. The maximum atomic E-state index is 4.42. The molecule has 0 spiro atoms. The maximum absolute atomic E-state index is 4.42. The van der Waals surface area contributed by atoms with Crippen LogP contribution in [0, 0.1) is 5.92 Å². The van der Waals surface area contributed by atoms with E-state index < -0.39 is 0 Å². The second kappa shape index (κ2) is 7.90. The van der Waals surface area contributed by atoms with Gasteiger partial charge in [-0.15, -0.1) is 0 Å². The lowest BCUT2D eigenvalue weighted by Gasteiger charge is -2.35. The van der Waals surface area contributed by atoms with Crippen LogP contribution < -0.4 is 5.32 Å². The van der Waals surface area contributed by atoms with Gasteiger partial charge in [0.05, 0.1) is 6.54 Å². The Hall–Kier alpha value is -0.940. The molecule has 1 aliphatic heterocycles. The van der Waals surface area contributed by atoms with Crippen LogP contribution >= 0.6 is 0 Å². The molecule has 0 aromatic carbocycles. The van der Waals surface area contributed by atoms with Gasteiger partial charge in [-0.05, 0) is 65.6 Å². The van der Waals surface area contributed by atoms with Crippen molar-refractivity contribution in [3.8, 4) is 0 Å². The Kier molecular flexibility index (Phi) is 6.18. The Morgan fingerprint density at radius 3 is 2.62 bits per heavy atom. The van der Waals surface area contributed by atoms with Gasteiger partial charge < -0.3 is 5.32 Å². The van der Waals surface area contributed by atoms with E-state index in [0.29, 0.717) is 12.1 Å². The molecule has 0 aliphatic carbocycles. The van der Waals surface area contributed by atoms with Crippen molar-refractivity contribution in [2.45, 2.75) is 65.6 Å². The van der Waals surface area contributed by atoms with Gasteiger partial charge in [-0.1, -0.05) is 6.92 Å². The molecule has 1 aromatic heterocycles. The third-order valence-corrected chi connectivity index (χ3v) is 4.56. The van der Waals surface area contributed by atoms with Crippen LogP contribution in [0.5, 0.6) is 0 Å². The van der Waals surface area contributed by atoms with Crippen LogP contribution in [0.3, 0.4) is 0 Å². The van der Waals surface area contributed by atoms with E-state index in [-0.39, 0.29) is 0 Å². The molecule has 120 valence electrons. The van der Waals surface area contributed by atoms with Gasteiger partial charge in [0.1, 0.15) is 12.2 Å². The van der Waals surface area contributed by atoms with E-state index in [1.54, 1.807) is 6.33 Å². The molecule has 1 unspecified atom stereocenters. The van der Waals surface area contributed by atoms with Crippen LogP contribution in [0.15, 0.2) is 6.33 Å². The topological polar surface area (TPSA) is 46.0 Å². The number of aromatic nitrogens is 3. The van der Waals surface area contributed by atoms with Crippen LogP contribution in [-0.2, 0) is 6.54 Å².